The highest BCUT2D eigenvalue weighted by Crippen LogP contribution is 2.21. The summed E-state index contributed by atoms with van der Waals surface area (Å²) in [6.45, 7) is 4.93. The van der Waals surface area contributed by atoms with E-state index in [2.05, 4.69) is 15.9 Å². The van der Waals surface area contributed by atoms with Crippen molar-refractivity contribution in [1.82, 2.24) is 0 Å². The molecule has 1 aromatic carbocycles. The molecule has 96 valence electrons. The molecule has 0 radical (unpaired) electrons. The third-order valence-electron chi connectivity index (χ3n) is 2.61. The molecule has 0 saturated carbocycles. The fraction of sp³-hybridized carbons (Fsp3) is 0.538. The highest BCUT2D eigenvalue weighted by molar-refractivity contribution is 9.10. The van der Waals surface area contributed by atoms with Crippen LogP contribution < -0.4 is 5.73 Å². The summed E-state index contributed by atoms with van der Waals surface area (Å²) in [6, 6.07) is 4.86. The van der Waals surface area contributed by atoms with E-state index in [9.17, 15) is 4.39 Å². The van der Waals surface area contributed by atoms with E-state index in [1.807, 2.05) is 13.8 Å². The van der Waals surface area contributed by atoms with Crippen molar-refractivity contribution in [2.75, 3.05) is 6.54 Å². The van der Waals surface area contributed by atoms with Gasteiger partial charge in [-0.3, -0.25) is 0 Å². The Labute approximate surface area is 110 Å². The predicted octanol–water partition coefficient (Wildman–Crippen LogP) is 3.62. The highest BCUT2D eigenvalue weighted by atomic mass is 79.9. The summed E-state index contributed by atoms with van der Waals surface area (Å²) in [5.74, 6) is -0.233. The summed E-state index contributed by atoms with van der Waals surface area (Å²) in [5.41, 5.74) is 5.77. The zero-order valence-electron chi connectivity index (χ0n) is 10.3. The lowest BCUT2D eigenvalue weighted by atomic mass is 10.0. The molecule has 0 aliphatic heterocycles. The minimum Gasteiger partial charge on any atom is -0.371 e. The molecule has 1 rings (SSSR count). The third-order valence-corrected chi connectivity index (χ3v) is 3.10. The van der Waals surface area contributed by atoms with Gasteiger partial charge in [0.2, 0.25) is 0 Å². The van der Waals surface area contributed by atoms with E-state index < -0.39 is 0 Å². The van der Waals surface area contributed by atoms with Gasteiger partial charge in [0.1, 0.15) is 5.82 Å². The summed E-state index contributed by atoms with van der Waals surface area (Å²) in [5, 5.41) is 0. The number of halogens is 2. The Morgan fingerprint density at radius 2 is 2.12 bits per heavy atom. The molecular formula is C13H19BrFNO. The summed E-state index contributed by atoms with van der Waals surface area (Å²) in [4.78, 5) is 0. The second-order valence-corrected chi connectivity index (χ2v) is 5.59. The van der Waals surface area contributed by atoms with Crippen molar-refractivity contribution in [2.45, 2.75) is 38.9 Å². The number of nitrogens with two attached hydrogens (primary N) is 1. The fourth-order valence-electron chi connectivity index (χ4n) is 1.53. The van der Waals surface area contributed by atoms with Crippen LogP contribution in [0.25, 0.3) is 0 Å². The Balaban J connectivity index is 2.57. The Bertz CT molecular complexity index is 368. The molecule has 0 aliphatic rings. The maximum Gasteiger partial charge on any atom is 0.128 e. The Kier molecular flexibility index (Phi) is 5.56. The van der Waals surface area contributed by atoms with Gasteiger partial charge >= 0.3 is 0 Å². The number of hydrogen-bond donors (Lipinski definition) is 1. The van der Waals surface area contributed by atoms with Crippen LogP contribution in [0.2, 0.25) is 0 Å². The smallest absolute Gasteiger partial charge is 0.128 e. The average Bonchev–Trinajstić information content (AvgIpc) is 2.28. The molecule has 0 unspecified atom stereocenters. The summed E-state index contributed by atoms with van der Waals surface area (Å²) in [7, 11) is 0. The van der Waals surface area contributed by atoms with E-state index in [0.29, 0.717) is 12.1 Å². The van der Waals surface area contributed by atoms with Gasteiger partial charge in [-0.05, 0) is 51.4 Å². The number of benzene rings is 1. The molecule has 0 heterocycles. The standard InChI is InChI=1S/C13H19BrFNO/c1-13(2,6-3-7-16)17-9-10-8-11(14)4-5-12(10)15/h4-5,8H,3,6-7,9,16H2,1-2H3. The first-order valence-corrected chi connectivity index (χ1v) is 6.52. The number of hydrogen-bond acceptors (Lipinski definition) is 2. The molecule has 0 amide bonds. The summed E-state index contributed by atoms with van der Waals surface area (Å²) < 4.78 is 20.1. The van der Waals surface area contributed by atoms with Crippen molar-refractivity contribution in [3.63, 3.8) is 0 Å². The molecule has 1 aromatic rings. The fourth-order valence-corrected chi connectivity index (χ4v) is 1.94. The van der Waals surface area contributed by atoms with Crippen LogP contribution in [0.4, 0.5) is 4.39 Å². The van der Waals surface area contributed by atoms with E-state index in [0.717, 1.165) is 17.3 Å². The second-order valence-electron chi connectivity index (χ2n) is 4.68. The van der Waals surface area contributed by atoms with E-state index >= 15 is 0 Å². The van der Waals surface area contributed by atoms with Crippen LogP contribution in [-0.4, -0.2) is 12.1 Å². The van der Waals surface area contributed by atoms with E-state index in [1.165, 1.54) is 6.07 Å². The van der Waals surface area contributed by atoms with Crippen LogP contribution in [-0.2, 0) is 11.3 Å². The lowest BCUT2D eigenvalue weighted by molar-refractivity contribution is -0.0367. The van der Waals surface area contributed by atoms with Crippen molar-refractivity contribution < 1.29 is 9.13 Å². The Morgan fingerprint density at radius 3 is 2.76 bits per heavy atom. The molecule has 0 aromatic heterocycles. The van der Waals surface area contributed by atoms with Gasteiger partial charge in [-0.2, -0.15) is 0 Å². The molecule has 0 atom stereocenters. The van der Waals surface area contributed by atoms with Crippen LogP contribution in [0, 0.1) is 5.82 Å². The minimum atomic E-state index is -0.270. The lowest BCUT2D eigenvalue weighted by Crippen LogP contribution is -2.25. The second kappa shape index (κ2) is 6.47. The Morgan fingerprint density at radius 1 is 1.41 bits per heavy atom. The normalized spacial score (nSPS) is 11.8. The molecule has 0 aliphatic carbocycles. The first kappa shape index (κ1) is 14.6. The molecular weight excluding hydrogens is 285 g/mol. The largest absolute Gasteiger partial charge is 0.371 e. The maximum absolute atomic E-state index is 13.5. The van der Waals surface area contributed by atoms with Gasteiger partial charge < -0.3 is 10.5 Å². The molecule has 17 heavy (non-hydrogen) atoms. The predicted molar refractivity (Wildman–Crippen MR) is 71.3 cm³/mol. The maximum atomic E-state index is 13.5. The van der Waals surface area contributed by atoms with Gasteiger partial charge in [0.25, 0.3) is 0 Å². The van der Waals surface area contributed by atoms with Crippen LogP contribution in [0.1, 0.15) is 32.3 Å². The van der Waals surface area contributed by atoms with Gasteiger partial charge in [-0.15, -0.1) is 0 Å². The van der Waals surface area contributed by atoms with Gasteiger partial charge in [0, 0.05) is 10.0 Å². The topological polar surface area (TPSA) is 35.2 Å². The third kappa shape index (κ3) is 5.15. The molecule has 4 heteroatoms. The van der Waals surface area contributed by atoms with Crippen molar-refractivity contribution in [3.05, 3.63) is 34.1 Å². The molecule has 0 fully saturated rings. The highest BCUT2D eigenvalue weighted by Gasteiger charge is 2.18. The van der Waals surface area contributed by atoms with Crippen LogP contribution in [0.5, 0.6) is 0 Å². The lowest BCUT2D eigenvalue weighted by Gasteiger charge is -2.25. The van der Waals surface area contributed by atoms with Crippen molar-refractivity contribution in [1.29, 1.82) is 0 Å². The van der Waals surface area contributed by atoms with E-state index in [-0.39, 0.29) is 18.0 Å². The van der Waals surface area contributed by atoms with Crippen molar-refractivity contribution in [3.8, 4) is 0 Å². The summed E-state index contributed by atoms with van der Waals surface area (Å²) >= 11 is 3.32. The van der Waals surface area contributed by atoms with Gasteiger partial charge in [-0.25, -0.2) is 4.39 Å². The summed E-state index contributed by atoms with van der Waals surface area (Å²) in [6.07, 6.45) is 1.78. The van der Waals surface area contributed by atoms with Crippen molar-refractivity contribution >= 4 is 15.9 Å². The van der Waals surface area contributed by atoms with Crippen molar-refractivity contribution in [2.24, 2.45) is 5.73 Å². The zero-order valence-corrected chi connectivity index (χ0v) is 11.9. The first-order chi connectivity index (χ1) is 7.94. The number of rotatable bonds is 6. The van der Waals surface area contributed by atoms with Gasteiger partial charge in [0.05, 0.1) is 12.2 Å². The average molecular weight is 304 g/mol. The molecule has 0 spiro atoms. The number of ether oxygens (including phenoxy) is 1. The van der Waals surface area contributed by atoms with Crippen LogP contribution >= 0.6 is 15.9 Å². The van der Waals surface area contributed by atoms with E-state index in [1.54, 1.807) is 12.1 Å². The van der Waals surface area contributed by atoms with Crippen LogP contribution in [0.3, 0.4) is 0 Å². The first-order valence-electron chi connectivity index (χ1n) is 5.72. The Hall–Kier alpha value is -0.450. The molecule has 0 saturated heterocycles. The quantitative estimate of drug-likeness (QED) is 0.871. The van der Waals surface area contributed by atoms with Gasteiger partial charge in [0.15, 0.2) is 0 Å². The van der Waals surface area contributed by atoms with Crippen LogP contribution in [0.15, 0.2) is 22.7 Å². The minimum absolute atomic E-state index is 0.233. The van der Waals surface area contributed by atoms with Gasteiger partial charge in [-0.1, -0.05) is 15.9 Å². The molecule has 2 nitrogen and oxygen atoms in total. The zero-order chi connectivity index (χ0) is 12.9. The SMILES string of the molecule is CC(C)(CCCN)OCc1cc(Br)ccc1F. The monoisotopic (exact) mass is 303 g/mol. The van der Waals surface area contributed by atoms with E-state index in [4.69, 9.17) is 10.5 Å². The molecule has 0 bridgehead atoms. The molecule has 2 N–H and O–H groups in total.